The third-order valence-corrected chi connectivity index (χ3v) is 9.70. The molecule has 4 rings (SSSR count). The van der Waals surface area contributed by atoms with Crippen molar-refractivity contribution in [1.82, 2.24) is 30.3 Å². The molecule has 0 radical (unpaired) electrons. The van der Waals surface area contributed by atoms with Crippen LogP contribution in [0.5, 0.6) is 0 Å². The number of aromatic nitrogens is 1. The van der Waals surface area contributed by atoms with Gasteiger partial charge in [-0.3, -0.25) is 19.6 Å². The molecule has 2 aliphatic rings. The van der Waals surface area contributed by atoms with Gasteiger partial charge in [0.05, 0.1) is 17.8 Å². The molecule has 1 unspecified atom stereocenters. The molecule has 52 heavy (non-hydrogen) atoms. The lowest BCUT2D eigenvalue weighted by Crippen LogP contribution is -2.59. The highest BCUT2D eigenvalue weighted by molar-refractivity contribution is 5.79. The second kappa shape index (κ2) is 19.4. The SMILES string of the molecule is Cc1cccnc1CN(CCCCNC(=O)OC(C)(C)C)CC1CN(CC[C@H](NC(=O)C2CCCC2)c2ccccc2)CCN1C(=O)OC(C)(C)C. The van der Waals surface area contributed by atoms with Crippen molar-refractivity contribution in [1.29, 1.82) is 0 Å². The van der Waals surface area contributed by atoms with Gasteiger partial charge in [-0.25, -0.2) is 9.59 Å². The van der Waals surface area contributed by atoms with Gasteiger partial charge in [-0.2, -0.15) is 0 Å². The molecule has 3 amide bonds. The number of hydrogen-bond donors (Lipinski definition) is 2. The molecule has 2 fully saturated rings. The third kappa shape index (κ3) is 14.0. The number of benzene rings is 1. The standard InChI is InChI=1S/C41H64N6O5/c1-31-16-15-23-42-36(31)30-46(24-14-13-22-43-38(49)51-40(2,3)4)29-34-28-45(26-27-47(34)39(50)52-41(5,6)7)25-21-35(32-17-9-8-10-18-32)44-37(48)33-19-11-12-20-33/h8-10,15-18,23,33-35H,11-14,19-22,24-30H2,1-7H3,(H,43,49)(H,44,48)/t34?,35-/m0/s1. The number of nitrogens with zero attached hydrogens (tertiary/aromatic N) is 4. The van der Waals surface area contributed by atoms with E-state index in [0.717, 1.165) is 81.4 Å². The topological polar surface area (TPSA) is 116 Å². The molecule has 11 nitrogen and oxygen atoms in total. The van der Waals surface area contributed by atoms with E-state index < -0.39 is 17.3 Å². The second-order valence-corrected chi connectivity index (χ2v) is 16.5. The molecule has 0 bridgehead atoms. The number of carbonyl (C=O) groups is 3. The van der Waals surface area contributed by atoms with E-state index >= 15 is 0 Å². The highest BCUT2D eigenvalue weighted by Crippen LogP contribution is 2.27. The van der Waals surface area contributed by atoms with E-state index in [9.17, 15) is 14.4 Å². The smallest absolute Gasteiger partial charge is 0.410 e. The summed E-state index contributed by atoms with van der Waals surface area (Å²) in [5.41, 5.74) is 2.11. The normalized spacial score (nSPS) is 17.9. The monoisotopic (exact) mass is 720 g/mol. The molecule has 1 aliphatic heterocycles. The summed E-state index contributed by atoms with van der Waals surface area (Å²) in [7, 11) is 0. The van der Waals surface area contributed by atoms with Gasteiger partial charge in [0.1, 0.15) is 11.2 Å². The molecule has 2 aromatic rings. The Morgan fingerprint density at radius 2 is 1.65 bits per heavy atom. The number of carbonyl (C=O) groups excluding carboxylic acids is 3. The van der Waals surface area contributed by atoms with Crippen LogP contribution in [0.1, 0.15) is 109 Å². The molecule has 0 spiro atoms. The van der Waals surface area contributed by atoms with Crippen LogP contribution in [0.15, 0.2) is 48.7 Å². The fourth-order valence-electron chi connectivity index (χ4n) is 7.03. The van der Waals surface area contributed by atoms with E-state index in [1.165, 1.54) is 0 Å². The van der Waals surface area contributed by atoms with Crippen LogP contribution in [0.2, 0.25) is 0 Å². The Labute approximate surface area is 312 Å². The summed E-state index contributed by atoms with van der Waals surface area (Å²) in [5.74, 6) is 0.274. The van der Waals surface area contributed by atoms with E-state index in [1.807, 2.05) is 76.9 Å². The van der Waals surface area contributed by atoms with Crippen LogP contribution in [0.4, 0.5) is 9.59 Å². The maximum absolute atomic E-state index is 13.6. The summed E-state index contributed by atoms with van der Waals surface area (Å²) < 4.78 is 11.3. The van der Waals surface area contributed by atoms with Gasteiger partial charge in [0, 0.05) is 57.9 Å². The van der Waals surface area contributed by atoms with E-state index in [-0.39, 0.29) is 30.0 Å². The molecule has 1 aromatic heterocycles. The Hall–Kier alpha value is -3.70. The first-order valence-electron chi connectivity index (χ1n) is 19.3. The zero-order valence-corrected chi connectivity index (χ0v) is 32.8. The maximum Gasteiger partial charge on any atom is 0.410 e. The fourth-order valence-corrected chi connectivity index (χ4v) is 7.03. The number of unbranched alkanes of at least 4 members (excludes halogenated alkanes) is 1. The minimum atomic E-state index is -0.606. The van der Waals surface area contributed by atoms with Gasteiger partial charge < -0.3 is 25.0 Å². The van der Waals surface area contributed by atoms with E-state index in [2.05, 4.69) is 45.6 Å². The Morgan fingerprint density at radius 3 is 2.33 bits per heavy atom. The summed E-state index contributed by atoms with van der Waals surface area (Å²) in [4.78, 5) is 50.5. The molecule has 288 valence electrons. The number of hydrogen-bond acceptors (Lipinski definition) is 8. The number of ether oxygens (including phenoxy) is 2. The van der Waals surface area contributed by atoms with E-state index in [4.69, 9.17) is 14.5 Å². The lowest BCUT2D eigenvalue weighted by Gasteiger charge is -2.43. The average Bonchev–Trinajstić information content (AvgIpc) is 3.62. The Morgan fingerprint density at radius 1 is 0.942 bits per heavy atom. The van der Waals surface area contributed by atoms with Crippen LogP contribution in [0, 0.1) is 12.8 Å². The molecule has 2 N–H and O–H groups in total. The number of aryl methyl sites for hydroxylation is 1. The lowest BCUT2D eigenvalue weighted by molar-refractivity contribution is -0.125. The maximum atomic E-state index is 13.6. The molecule has 1 aliphatic carbocycles. The van der Waals surface area contributed by atoms with Gasteiger partial charge in [0.25, 0.3) is 0 Å². The summed E-state index contributed by atoms with van der Waals surface area (Å²) >= 11 is 0. The number of pyridine rings is 1. The summed E-state index contributed by atoms with van der Waals surface area (Å²) in [5, 5.41) is 6.27. The first-order chi connectivity index (χ1) is 24.7. The lowest BCUT2D eigenvalue weighted by atomic mass is 10.0. The zero-order chi connectivity index (χ0) is 37.7. The Bertz CT molecular complexity index is 1420. The third-order valence-electron chi connectivity index (χ3n) is 9.70. The number of rotatable bonds is 15. The van der Waals surface area contributed by atoms with Crippen LogP contribution < -0.4 is 10.6 Å². The first kappa shape index (κ1) is 41.1. The second-order valence-electron chi connectivity index (χ2n) is 16.5. The summed E-state index contributed by atoms with van der Waals surface area (Å²) in [6.45, 7) is 18.7. The number of piperazine rings is 1. The van der Waals surface area contributed by atoms with Crippen LogP contribution in [0.25, 0.3) is 0 Å². The molecule has 2 atom stereocenters. The summed E-state index contributed by atoms with van der Waals surface area (Å²) in [6.07, 6.45) is 7.73. The van der Waals surface area contributed by atoms with Gasteiger partial charge in [-0.15, -0.1) is 0 Å². The van der Waals surface area contributed by atoms with Gasteiger partial charge in [-0.05, 0) is 104 Å². The Kier molecular flexibility index (Phi) is 15.3. The van der Waals surface area contributed by atoms with Crippen molar-refractivity contribution >= 4 is 18.1 Å². The van der Waals surface area contributed by atoms with E-state index in [0.29, 0.717) is 32.7 Å². The van der Waals surface area contributed by atoms with Crippen molar-refractivity contribution in [3.63, 3.8) is 0 Å². The zero-order valence-electron chi connectivity index (χ0n) is 32.8. The molecule has 1 saturated heterocycles. The first-order valence-corrected chi connectivity index (χ1v) is 19.3. The minimum absolute atomic E-state index is 0.0745. The molecule has 2 heterocycles. The number of alkyl carbamates (subject to hydrolysis) is 1. The largest absolute Gasteiger partial charge is 0.444 e. The van der Waals surface area contributed by atoms with Crippen molar-refractivity contribution in [3.8, 4) is 0 Å². The van der Waals surface area contributed by atoms with Crippen LogP contribution in [-0.4, -0.2) is 101 Å². The molecular weight excluding hydrogens is 656 g/mol. The van der Waals surface area contributed by atoms with Crippen LogP contribution in [0.3, 0.4) is 0 Å². The average molecular weight is 721 g/mol. The predicted molar refractivity (Wildman–Crippen MR) is 205 cm³/mol. The van der Waals surface area contributed by atoms with Crippen LogP contribution >= 0.6 is 0 Å². The van der Waals surface area contributed by atoms with Gasteiger partial charge >= 0.3 is 12.2 Å². The van der Waals surface area contributed by atoms with Crippen molar-refractivity contribution in [2.75, 3.05) is 45.8 Å². The van der Waals surface area contributed by atoms with Gasteiger partial charge in [0.2, 0.25) is 5.91 Å². The van der Waals surface area contributed by atoms with Crippen molar-refractivity contribution in [3.05, 3.63) is 65.5 Å². The van der Waals surface area contributed by atoms with Crippen molar-refractivity contribution in [2.24, 2.45) is 5.92 Å². The number of nitrogens with one attached hydrogen (secondary N) is 2. The summed E-state index contributed by atoms with van der Waals surface area (Å²) in [6, 6.07) is 14.1. The van der Waals surface area contributed by atoms with E-state index in [1.54, 1.807) is 0 Å². The molecular formula is C41H64N6O5. The molecule has 11 heteroatoms. The predicted octanol–water partition coefficient (Wildman–Crippen LogP) is 6.86. The minimum Gasteiger partial charge on any atom is -0.444 e. The van der Waals surface area contributed by atoms with Crippen molar-refractivity contribution < 1.29 is 23.9 Å². The highest BCUT2D eigenvalue weighted by atomic mass is 16.6. The molecule has 1 aromatic carbocycles. The van der Waals surface area contributed by atoms with Crippen LogP contribution in [-0.2, 0) is 20.8 Å². The highest BCUT2D eigenvalue weighted by Gasteiger charge is 2.35. The number of amides is 3. The van der Waals surface area contributed by atoms with Gasteiger partial charge in [0.15, 0.2) is 0 Å². The fraction of sp³-hybridized carbons (Fsp3) is 0.659. The van der Waals surface area contributed by atoms with Gasteiger partial charge in [-0.1, -0.05) is 49.2 Å². The Balaban J connectivity index is 1.46. The van der Waals surface area contributed by atoms with Crippen molar-refractivity contribution in [2.45, 2.75) is 123 Å². The molecule has 1 saturated carbocycles. The quantitative estimate of drug-likeness (QED) is 0.192.